The van der Waals surface area contributed by atoms with E-state index in [1.165, 1.54) is 0 Å². The first-order valence-electron chi connectivity index (χ1n) is 11.9. The fourth-order valence-corrected chi connectivity index (χ4v) is 4.52. The highest BCUT2D eigenvalue weighted by atomic mass is 28.3. The summed E-state index contributed by atoms with van der Waals surface area (Å²) in [7, 11) is -2.38. The maximum absolute atomic E-state index is 13.3. The third-order valence-corrected chi connectivity index (χ3v) is 8.65. The van der Waals surface area contributed by atoms with Gasteiger partial charge in [-0.1, -0.05) is 39.3 Å². The summed E-state index contributed by atoms with van der Waals surface area (Å²) in [5.74, 6) is 0.607. The quantitative estimate of drug-likeness (QED) is 0.195. The van der Waals surface area contributed by atoms with Crippen molar-refractivity contribution in [2.24, 2.45) is 0 Å². The van der Waals surface area contributed by atoms with Crippen LogP contribution in [0.25, 0.3) is 0 Å². The largest absolute Gasteiger partial charge is 0.467 e. The Morgan fingerprint density at radius 1 is 0.848 bits per heavy atom. The third kappa shape index (κ3) is 11.0. The predicted molar refractivity (Wildman–Crippen MR) is 139 cm³/mol. The van der Waals surface area contributed by atoms with Crippen LogP contribution in [0.3, 0.4) is 0 Å². The number of hydrogen-bond acceptors (Lipinski definition) is 6. The van der Waals surface area contributed by atoms with Gasteiger partial charge in [0, 0.05) is 48.0 Å². The average molecular weight is 500 g/mol. The summed E-state index contributed by atoms with van der Waals surface area (Å²) in [6.07, 6.45) is 0. The highest BCUT2D eigenvalue weighted by molar-refractivity contribution is 6.76. The standard InChI is InChI=1S/C24H45NO6Si2/c1-9-25(10-2)24(27)23-20(17-26)21(30-18-28-13-15-32(3,4)5)11-12-22(23)31-19-29-14-16-33(6,7)8/h11-12,26H,9-10,13-19H2,1-8H3. The van der Waals surface area contributed by atoms with Gasteiger partial charge in [-0.25, -0.2) is 0 Å². The minimum atomic E-state index is -1.19. The molecule has 0 bridgehead atoms. The summed E-state index contributed by atoms with van der Waals surface area (Å²) in [4.78, 5) is 15.0. The van der Waals surface area contributed by atoms with Crippen LogP contribution in [0.4, 0.5) is 0 Å². The Bertz CT molecular complexity index is 727. The zero-order chi connectivity index (χ0) is 25.1. The lowest BCUT2D eigenvalue weighted by Gasteiger charge is -2.24. The summed E-state index contributed by atoms with van der Waals surface area (Å²) in [6.45, 7) is 19.7. The Morgan fingerprint density at radius 3 is 1.73 bits per heavy atom. The summed E-state index contributed by atoms with van der Waals surface area (Å²) in [5.41, 5.74) is 0.717. The molecule has 1 N–H and O–H groups in total. The maximum atomic E-state index is 13.3. The van der Waals surface area contributed by atoms with Gasteiger partial charge in [0.05, 0.1) is 12.2 Å². The molecule has 0 aromatic heterocycles. The number of rotatable bonds is 16. The van der Waals surface area contributed by atoms with E-state index in [2.05, 4.69) is 39.3 Å². The minimum Gasteiger partial charge on any atom is -0.467 e. The third-order valence-electron chi connectivity index (χ3n) is 5.24. The van der Waals surface area contributed by atoms with Crippen molar-refractivity contribution in [3.05, 3.63) is 23.3 Å². The van der Waals surface area contributed by atoms with E-state index >= 15 is 0 Å². The Morgan fingerprint density at radius 2 is 1.30 bits per heavy atom. The van der Waals surface area contributed by atoms with Gasteiger partial charge in [-0.3, -0.25) is 4.79 Å². The van der Waals surface area contributed by atoms with Crippen molar-refractivity contribution >= 4 is 22.1 Å². The van der Waals surface area contributed by atoms with Crippen LogP contribution in [-0.2, 0) is 16.1 Å². The summed E-state index contributed by atoms with van der Waals surface area (Å²) in [6, 6.07) is 5.49. The number of nitrogens with zero attached hydrogens (tertiary/aromatic N) is 1. The van der Waals surface area contributed by atoms with Gasteiger partial charge in [-0.05, 0) is 38.1 Å². The van der Waals surface area contributed by atoms with Gasteiger partial charge in [0.1, 0.15) is 11.5 Å². The first-order valence-corrected chi connectivity index (χ1v) is 19.3. The van der Waals surface area contributed by atoms with Gasteiger partial charge in [-0.2, -0.15) is 0 Å². The lowest BCUT2D eigenvalue weighted by atomic mass is 10.0. The Labute approximate surface area is 202 Å². The van der Waals surface area contributed by atoms with E-state index in [0.29, 0.717) is 48.9 Å². The molecule has 9 heteroatoms. The molecule has 0 radical (unpaired) electrons. The van der Waals surface area contributed by atoms with Crippen LogP contribution in [0.15, 0.2) is 12.1 Å². The van der Waals surface area contributed by atoms with Crippen molar-refractivity contribution in [1.82, 2.24) is 4.90 Å². The number of carbonyl (C=O) groups excluding carboxylic acids is 1. The van der Waals surface area contributed by atoms with E-state index in [1.807, 2.05) is 13.8 Å². The van der Waals surface area contributed by atoms with E-state index in [4.69, 9.17) is 18.9 Å². The van der Waals surface area contributed by atoms with Gasteiger partial charge in [-0.15, -0.1) is 0 Å². The molecule has 7 nitrogen and oxygen atoms in total. The minimum absolute atomic E-state index is 0.0495. The molecule has 0 aliphatic rings. The molecule has 1 aromatic rings. The van der Waals surface area contributed by atoms with Crippen LogP contribution in [-0.4, -0.2) is 72.0 Å². The first kappa shape index (κ1) is 29.6. The van der Waals surface area contributed by atoms with Crippen molar-refractivity contribution in [3.8, 4) is 11.5 Å². The molecule has 1 rings (SSSR count). The number of carbonyl (C=O) groups is 1. The second kappa shape index (κ2) is 14.1. The van der Waals surface area contributed by atoms with Crippen LogP contribution in [0.2, 0.25) is 51.4 Å². The molecule has 0 aliphatic carbocycles. The molecule has 33 heavy (non-hydrogen) atoms. The summed E-state index contributed by atoms with van der Waals surface area (Å²) < 4.78 is 22.9. The van der Waals surface area contributed by atoms with Crippen molar-refractivity contribution in [3.63, 3.8) is 0 Å². The first-order chi connectivity index (χ1) is 15.4. The van der Waals surface area contributed by atoms with Crippen LogP contribution < -0.4 is 9.47 Å². The number of aliphatic hydroxyl groups is 1. The number of amides is 1. The summed E-state index contributed by atoms with van der Waals surface area (Å²) in [5, 5.41) is 10.1. The zero-order valence-electron chi connectivity index (χ0n) is 22.0. The van der Waals surface area contributed by atoms with Crippen LogP contribution in [0.5, 0.6) is 11.5 Å². The van der Waals surface area contributed by atoms with Gasteiger partial charge < -0.3 is 29.0 Å². The van der Waals surface area contributed by atoms with Crippen LogP contribution in [0.1, 0.15) is 29.8 Å². The molecule has 0 heterocycles. The average Bonchev–Trinajstić information content (AvgIpc) is 2.72. The van der Waals surface area contributed by atoms with Crippen molar-refractivity contribution in [2.45, 2.75) is 71.8 Å². The summed E-state index contributed by atoms with van der Waals surface area (Å²) >= 11 is 0. The smallest absolute Gasteiger partial charge is 0.258 e. The molecule has 0 spiro atoms. The molecule has 0 fully saturated rings. The molecule has 0 saturated carbocycles. The lowest BCUT2D eigenvalue weighted by Crippen LogP contribution is -2.32. The molecule has 1 amide bonds. The normalized spacial score (nSPS) is 12.0. The van der Waals surface area contributed by atoms with Gasteiger partial charge in [0.15, 0.2) is 13.6 Å². The fourth-order valence-electron chi connectivity index (χ4n) is 3.01. The van der Waals surface area contributed by atoms with Crippen LogP contribution in [0, 0.1) is 0 Å². The second-order valence-corrected chi connectivity index (χ2v) is 21.8. The van der Waals surface area contributed by atoms with Crippen molar-refractivity contribution in [1.29, 1.82) is 0 Å². The van der Waals surface area contributed by atoms with Crippen molar-refractivity contribution in [2.75, 3.05) is 39.9 Å². The second-order valence-electron chi connectivity index (χ2n) is 10.5. The topological polar surface area (TPSA) is 77.5 Å². The zero-order valence-corrected chi connectivity index (χ0v) is 24.0. The van der Waals surface area contributed by atoms with Gasteiger partial charge in [0.25, 0.3) is 5.91 Å². The highest BCUT2D eigenvalue weighted by Crippen LogP contribution is 2.32. The Balaban J connectivity index is 3.00. The van der Waals surface area contributed by atoms with Crippen molar-refractivity contribution < 1.29 is 28.8 Å². The molecule has 190 valence electrons. The van der Waals surface area contributed by atoms with E-state index < -0.39 is 16.1 Å². The van der Waals surface area contributed by atoms with Gasteiger partial charge >= 0.3 is 0 Å². The number of aliphatic hydroxyl groups excluding tert-OH is 1. The van der Waals surface area contributed by atoms with Crippen LogP contribution >= 0.6 is 0 Å². The monoisotopic (exact) mass is 499 g/mol. The Hall–Kier alpha value is -1.40. The van der Waals surface area contributed by atoms with Gasteiger partial charge in [0.2, 0.25) is 0 Å². The lowest BCUT2D eigenvalue weighted by molar-refractivity contribution is 0.0178. The highest BCUT2D eigenvalue weighted by Gasteiger charge is 2.25. The molecule has 0 aliphatic heterocycles. The van der Waals surface area contributed by atoms with E-state index in [-0.39, 0.29) is 26.1 Å². The Kier molecular flexibility index (Phi) is 12.7. The SMILES string of the molecule is CCN(CC)C(=O)c1c(OCOCC[Si](C)(C)C)ccc(OCOCC[Si](C)(C)C)c1CO. The molecule has 0 unspecified atom stereocenters. The molecular formula is C24H45NO6Si2. The fraction of sp³-hybridized carbons (Fsp3) is 0.708. The molecular weight excluding hydrogens is 454 g/mol. The van der Waals surface area contributed by atoms with E-state index in [0.717, 1.165) is 12.1 Å². The number of benzene rings is 1. The molecule has 0 saturated heterocycles. The van der Waals surface area contributed by atoms with E-state index in [9.17, 15) is 9.90 Å². The number of hydrogen-bond donors (Lipinski definition) is 1. The maximum Gasteiger partial charge on any atom is 0.258 e. The van der Waals surface area contributed by atoms with E-state index in [1.54, 1.807) is 17.0 Å². The molecule has 0 atom stereocenters. The predicted octanol–water partition coefficient (Wildman–Crippen LogP) is 5.04. The molecule has 1 aromatic carbocycles. The number of ether oxygens (including phenoxy) is 4.